The van der Waals surface area contributed by atoms with E-state index >= 15 is 0 Å². The minimum Gasteiger partial charge on any atom is -0.481 e. The standard InChI is InChI=1S/C17H19F2NO4/c1-24-9-17(16(22)23)4-5-20(8-17)15(21)13-7-12(13)11-3-2-10(18)6-14(11)19/h2-3,6,12-13H,4-5,7-9H2,1H3,(H,22,23). The number of nitrogens with zero attached hydrogens (tertiary/aromatic N) is 1. The minimum atomic E-state index is -1.07. The molecule has 1 saturated heterocycles. The number of benzene rings is 1. The monoisotopic (exact) mass is 339 g/mol. The molecule has 2 aliphatic rings. The molecular formula is C17H19F2NO4. The molecule has 1 heterocycles. The van der Waals surface area contributed by atoms with Crippen molar-refractivity contribution >= 4 is 11.9 Å². The Balaban J connectivity index is 1.68. The molecule has 3 rings (SSSR count). The topological polar surface area (TPSA) is 66.8 Å². The van der Waals surface area contributed by atoms with E-state index in [9.17, 15) is 23.5 Å². The fourth-order valence-corrected chi connectivity index (χ4v) is 3.54. The van der Waals surface area contributed by atoms with Gasteiger partial charge >= 0.3 is 5.97 Å². The summed E-state index contributed by atoms with van der Waals surface area (Å²) in [6, 6.07) is 3.38. The van der Waals surface area contributed by atoms with Crippen LogP contribution in [-0.4, -0.2) is 48.7 Å². The number of aliphatic carboxylic acids is 1. The first-order valence-corrected chi connectivity index (χ1v) is 7.84. The Morgan fingerprint density at radius 2 is 2.17 bits per heavy atom. The zero-order valence-electron chi connectivity index (χ0n) is 13.3. The van der Waals surface area contributed by atoms with Gasteiger partial charge in [0.2, 0.25) is 5.91 Å². The number of likely N-dealkylation sites (tertiary alicyclic amines) is 1. The van der Waals surface area contributed by atoms with Gasteiger partial charge in [-0.3, -0.25) is 9.59 Å². The van der Waals surface area contributed by atoms with Gasteiger partial charge in [0.25, 0.3) is 0 Å². The molecule has 0 aromatic heterocycles. The van der Waals surface area contributed by atoms with Crippen LogP contribution < -0.4 is 0 Å². The van der Waals surface area contributed by atoms with E-state index in [1.165, 1.54) is 24.1 Å². The van der Waals surface area contributed by atoms with E-state index in [2.05, 4.69) is 0 Å². The van der Waals surface area contributed by atoms with E-state index in [4.69, 9.17) is 4.74 Å². The molecule has 1 aliphatic heterocycles. The molecule has 24 heavy (non-hydrogen) atoms. The summed E-state index contributed by atoms with van der Waals surface area (Å²) in [6.45, 7) is 0.501. The molecule has 3 unspecified atom stereocenters. The summed E-state index contributed by atoms with van der Waals surface area (Å²) in [6.07, 6.45) is 0.840. The van der Waals surface area contributed by atoms with Crippen molar-refractivity contribution in [3.8, 4) is 0 Å². The average molecular weight is 339 g/mol. The van der Waals surface area contributed by atoms with Gasteiger partial charge in [0, 0.05) is 32.2 Å². The molecule has 3 atom stereocenters. The number of rotatable bonds is 5. The highest BCUT2D eigenvalue weighted by atomic mass is 19.1. The van der Waals surface area contributed by atoms with Crippen molar-refractivity contribution in [3.63, 3.8) is 0 Å². The van der Waals surface area contributed by atoms with Gasteiger partial charge in [0.1, 0.15) is 17.0 Å². The molecule has 1 aromatic carbocycles. The molecule has 1 amide bonds. The van der Waals surface area contributed by atoms with Crippen LogP contribution in [0.2, 0.25) is 0 Å². The summed E-state index contributed by atoms with van der Waals surface area (Å²) < 4.78 is 31.8. The fourth-order valence-electron chi connectivity index (χ4n) is 3.54. The quantitative estimate of drug-likeness (QED) is 0.891. The molecule has 1 aromatic rings. The van der Waals surface area contributed by atoms with E-state index in [1.54, 1.807) is 0 Å². The maximum Gasteiger partial charge on any atom is 0.313 e. The predicted octanol–water partition coefficient (Wildman–Crippen LogP) is 2.02. The number of methoxy groups -OCH3 is 1. The van der Waals surface area contributed by atoms with Crippen LogP contribution >= 0.6 is 0 Å². The highest BCUT2D eigenvalue weighted by molar-refractivity contribution is 5.85. The number of hydrogen-bond donors (Lipinski definition) is 1. The van der Waals surface area contributed by atoms with Crippen LogP contribution in [0.3, 0.4) is 0 Å². The van der Waals surface area contributed by atoms with Crippen molar-refractivity contribution in [2.75, 3.05) is 26.8 Å². The van der Waals surface area contributed by atoms with Crippen molar-refractivity contribution in [1.82, 2.24) is 4.90 Å². The molecule has 5 nitrogen and oxygen atoms in total. The van der Waals surface area contributed by atoms with Gasteiger partial charge in [0.05, 0.1) is 6.61 Å². The lowest BCUT2D eigenvalue weighted by molar-refractivity contribution is -0.151. The first-order valence-electron chi connectivity index (χ1n) is 7.84. The maximum atomic E-state index is 13.8. The van der Waals surface area contributed by atoms with Crippen molar-refractivity contribution < 1.29 is 28.2 Å². The van der Waals surface area contributed by atoms with Crippen molar-refractivity contribution in [1.29, 1.82) is 0 Å². The summed E-state index contributed by atoms with van der Waals surface area (Å²) in [5.41, 5.74) is -0.731. The van der Waals surface area contributed by atoms with Gasteiger partial charge in [-0.25, -0.2) is 8.78 Å². The molecular weight excluding hydrogens is 320 g/mol. The Hall–Kier alpha value is -2.02. The SMILES string of the molecule is COCC1(C(=O)O)CCN(C(=O)C2CC2c2ccc(F)cc2F)C1. The second-order valence-corrected chi connectivity index (χ2v) is 6.64. The van der Waals surface area contributed by atoms with E-state index in [1.807, 2.05) is 0 Å². The normalized spacial score (nSPS) is 28.9. The van der Waals surface area contributed by atoms with E-state index in [0.29, 0.717) is 24.9 Å². The van der Waals surface area contributed by atoms with Crippen molar-refractivity contribution in [3.05, 3.63) is 35.4 Å². The molecule has 7 heteroatoms. The minimum absolute atomic E-state index is 0.0484. The zero-order valence-corrected chi connectivity index (χ0v) is 13.3. The Morgan fingerprint density at radius 3 is 2.79 bits per heavy atom. The third-order valence-corrected chi connectivity index (χ3v) is 5.01. The van der Waals surface area contributed by atoms with Crippen LogP contribution in [0.15, 0.2) is 18.2 Å². The summed E-state index contributed by atoms with van der Waals surface area (Å²) in [5.74, 6) is -3.06. The second kappa shape index (κ2) is 6.12. The number of carboxylic acid groups (broad SMARTS) is 1. The molecule has 1 saturated carbocycles. The lowest BCUT2D eigenvalue weighted by atomic mass is 9.88. The van der Waals surface area contributed by atoms with Crippen LogP contribution in [0.4, 0.5) is 8.78 Å². The number of carbonyl (C=O) groups excluding carboxylic acids is 1. The Kier molecular flexibility index (Phi) is 4.29. The first-order chi connectivity index (χ1) is 11.4. The molecule has 0 spiro atoms. The van der Waals surface area contributed by atoms with Crippen LogP contribution in [0.1, 0.15) is 24.3 Å². The number of halogens is 2. The molecule has 1 N–H and O–H groups in total. The lowest BCUT2D eigenvalue weighted by Crippen LogP contribution is -2.40. The number of carbonyl (C=O) groups is 2. The lowest BCUT2D eigenvalue weighted by Gasteiger charge is -2.24. The molecule has 2 fully saturated rings. The number of carboxylic acids is 1. The largest absolute Gasteiger partial charge is 0.481 e. The van der Waals surface area contributed by atoms with E-state index < -0.39 is 23.0 Å². The van der Waals surface area contributed by atoms with E-state index in [-0.39, 0.29) is 30.9 Å². The Bertz CT molecular complexity index is 681. The van der Waals surface area contributed by atoms with Gasteiger partial charge in [-0.05, 0) is 30.4 Å². The third-order valence-electron chi connectivity index (χ3n) is 5.01. The third kappa shape index (κ3) is 2.88. The number of hydrogen-bond acceptors (Lipinski definition) is 3. The Morgan fingerprint density at radius 1 is 1.42 bits per heavy atom. The molecule has 0 radical (unpaired) electrons. The van der Waals surface area contributed by atoms with Gasteiger partial charge in [-0.1, -0.05) is 6.07 Å². The summed E-state index contributed by atoms with van der Waals surface area (Å²) >= 11 is 0. The maximum absolute atomic E-state index is 13.8. The van der Waals surface area contributed by atoms with Crippen LogP contribution in [0.5, 0.6) is 0 Å². The smallest absolute Gasteiger partial charge is 0.313 e. The average Bonchev–Trinajstić information content (AvgIpc) is 3.18. The van der Waals surface area contributed by atoms with Crippen LogP contribution in [0, 0.1) is 23.0 Å². The Labute approximate surface area is 138 Å². The van der Waals surface area contributed by atoms with Gasteiger partial charge in [0.15, 0.2) is 0 Å². The highest BCUT2D eigenvalue weighted by Gasteiger charge is 2.52. The number of ether oxygens (including phenoxy) is 1. The zero-order chi connectivity index (χ0) is 17.5. The van der Waals surface area contributed by atoms with Gasteiger partial charge < -0.3 is 14.7 Å². The van der Waals surface area contributed by atoms with Gasteiger partial charge in [-0.2, -0.15) is 0 Å². The molecule has 130 valence electrons. The fraction of sp³-hybridized carbons (Fsp3) is 0.529. The summed E-state index contributed by atoms with van der Waals surface area (Å²) in [7, 11) is 1.43. The molecule has 0 bridgehead atoms. The summed E-state index contributed by atoms with van der Waals surface area (Å²) in [4.78, 5) is 25.6. The van der Waals surface area contributed by atoms with Gasteiger partial charge in [-0.15, -0.1) is 0 Å². The van der Waals surface area contributed by atoms with Crippen LogP contribution in [-0.2, 0) is 14.3 Å². The van der Waals surface area contributed by atoms with Crippen molar-refractivity contribution in [2.24, 2.45) is 11.3 Å². The highest BCUT2D eigenvalue weighted by Crippen LogP contribution is 2.50. The van der Waals surface area contributed by atoms with E-state index in [0.717, 1.165) is 6.07 Å². The number of amides is 1. The van der Waals surface area contributed by atoms with Crippen LogP contribution in [0.25, 0.3) is 0 Å². The van der Waals surface area contributed by atoms with Crippen molar-refractivity contribution in [2.45, 2.75) is 18.8 Å². The molecule has 1 aliphatic carbocycles. The predicted molar refractivity (Wildman–Crippen MR) is 80.3 cm³/mol. The second-order valence-electron chi connectivity index (χ2n) is 6.64. The first kappa shape index (κ1) is 16.8. The summed E-state index contributed by atoms with van der Waals surface area (Å²) in [5, 5.41) is 9.44.